The van der Waals surface area contributed by atoms with Crippen molar-refractivity contribution in [3.05, 3.63) is 18.1 Å². The number of nitrogens with two attached hydrogens (primary N) is 1. The van der Waals surface area contributed by atoms with E-state index in [1.807, 2.05) is 0 Å². The molecule has 1 aromatic rings. The molecule has 0 saturated carbocycles. The molecule has 0 amide bonds. The molecule has 6 heteroatoms. The summed E-state index contributed by atoms with van der Waals surface area (Å²) in [6.45, 7) is 1.69. The van der Waals surface area contributed by atoms with Gasteiger partial charge in [0.1, 0.15) is 17.1 Å². The Bertz CT molecular complexity index is 393. The second-order valence-corrected chi connectivity index (χ2v) is 4.44. The van der Waals surface area contributed by atoms with Gasteiger partial charge in [-0.05, 0) is 19.3 Å². The van der Waals surface area contributed by atoms with Gasteiger partial charge in [-0.2, -0.15) is 0 Å². The monoisotopic (exact) mass is 252 g/mol. The zero-order valence-electron chi connectivity index (χ0n) is 9.56. The van der Waals surface area contributed by atoms with Crippen LogP contribution < -0.4 is 11.1 Å². The average Bonchev–Trinajstić information content (AvgIpc) is 2.82. The standard InChI is InChI=1S/C11H16N4OS/c12-10(17)9-6-13-7-15-11(9)14-4-3-8-2-1-5-16-8/h6-8H,1-5H2,(H2,12,17)(H,13,14,15). The maximum atomic E-state index is 5.60. The largest absolute Gasteiger partial charge is 0.389 e. The van der Waals surface area contributed by atoms with Crippen LogP contribution in [0.1, 0.15) is 24.8 Å². The molecule has 0 aromatic carbocycles. The SMILES string of the molecule is NC(=S)c1cncnc1NCCC1CCCO1. The Kier molecular flexibility index (Phi) is 4.22. The Morgan fingerprint density at radius 2 is 2.53 bits per heavy atom. The Balaban J connectivity index is 1.87. The first kappa shape index (κ1) is 12.2. The van der Waals surface area contributed by atoms with Gasteiger partial charge in [0.25, 0.3) is 0 Å². The zero-order valence-corrected chi connectivity index (χ0v) is 10.4. The first-order chi connectivity index (χ1) is 8.27. The number of ether oxygens (including phenoxy) is 1. The van der Waals surface area contributed by atoms with Gasteiger partial charge in [0.05, 0.1) is 11.7 Å². The van der Waals surface area contributed by atoms with E-state index in [0.717, 1.165) is 32.4 Å². The molecule has 0 aliphatic carbocycles. The normalized spacial score (nSPS) is 19.2. The quantitative estimate of drug-likeness (QED) is 0.764. The van der Waals surface area contributed by atoms with E-state index in [4.69, 9.17) is 22.7 Å². The second kappa shape index (κ2) is 5.88. The molecule has 3 N–H and O–H groups in total. The van der Waals surface area contributed by atoms with Crippen molar-refractivity contribution in [3.63, 3.8) is 0 Å². The van der Waals surface area contributed by atoms with Gasteiger partial charge in [0.15, 0.2) is 0 Å². The molecule has 1 aliphatic rings. The average molecular weight is 252 g/mol. The fourth-order valence-corrected chi connectivity index (χ4v) is 2.02. The third kappa shape index (κ3) is 3.34. The van der Waals surface area contributed by atoms with Crippen LogP contribution in [-0.2, 0) is 4.74 Å². The third-order valence-corrected chi connectivity index (χ3v) is 2.98. The highest BCUT2D eigenvalue weighted by Gasteiger charge is 2.15. The number of hydrogen-bond acceptors (Lipinski definition) is 5. The molecule has 92 valence electrons. The van der Waals surface area contributed by atoms with Gasteiger partial charge in [-0.25, -0.2) is 9.97 Å². The lowest BCUT2D eigenvalue weighted by atomic mass is 10.2. The lowest BCUT2D eigenvalue weighted by Gasteiger charge is -2.12. The predicted molar refractivity (Wildman–Crippen MR) is 70.0 cm³/mol. The summed E-state index contributed by atoms with van der Waals surface area (Å²) in [6.07, 6.45) is 6.77. The van der Waals surface area contributed by atoms with Crippen molar-refractivity contribution in [2.45, 2.75) is 25.4 Å². The van der Waals surface area contributed by atoms with Crippen molar-refractivity contribution in [2.24, 2.45) is 5.73 Å². The molecule has 1 aliphatic heterocycles. The summed E-state index contributed by atoms with van der Waals surface area (Å²) in [7, 11) is 0. The molecule has 1 fully saturated rings. The van der Waals surface area contributed by atoms with E-state index in [1.165, 1.54) is 6.33 Å². The number of thiocarbonyl (C=S) groups is 1. The van der Waals surface area contributed by atoms with Crippen molar-refractivity contribution in [3.8, 4) is 0 Å². The van der Waals surface area contributed by atoms with Crippen molar-refractivity contribution in [1.82, 2.24) is 9.97 Å². The summed E-state index contributed by atoms with van der Waals surface area (Å²) in [5.41, 5.74) is 6.28. The molecule has 1 atom stereocenters. The summed E-state index contributed by atoms with van der Waals surface area (Å²) < 4.78 is 5.55. The topological polar surface area (TPSA) is 73.1 Å². The lowest BCUT2D eigenvalue weighted by molar-refractivity contribution is 0.107. The summed E-state index contributed by atoms with van der Waals surface area (Å²) in [6, 6.07) is 0. The van der Waals surface area contributed by atoms with E-state index < -0.39 is 0 Å². The predicted octanol–water partition coefficient (Wildman–Crippen LogP) is 1.09. The fourth-order valence-electron chi connectivity index (χ4n) is 1.87. The molecule has 2 rings (SSSR count). The number of nitrogens with zero attached hydrogens (tertiary/aromatic N) is 2. The first-order valence-electron chi connectivity index (χ1n) is 5.72. The lowest BCUT2D eigenvalue weighted by Crippen LogP contribution is -2.17. The fraction of sp³-hybridized carbons (Fsp3) is 0.545. The van der Waals surface area contributed by atoms with Gasteiger partial charge in [-0.3, -0.25) is 0 Å². The molecule has 17 heavy (non-hydrogen) atoms. The van der Waals surface area contributed by atoms with Crippen LogP contribution in [0.25, 0.3) is 0 Å². The highest BCUT2D eigenvalue weighted by molar-refractivity contribution is 7.80. The Hall–Kier alpha value is -1.27. The van der Waals surface area contributed by atoms with E-state index in [1.54, 1.807) is 6.20 Å². The number of aromatic nitrogens is 2. The number of anilines is 1. The minimum atomic E-state index is 0.310. The van der Waals surface area contributed by atoms with Crippen LogP contribution in [0.2, 0.25) is 0 Å². The van der Waals surface area contributed by atoms with Crippen LogP contribution in [0, 0.1) is 0 Å². The van der Waals surface area contributed by atoms with Gasteiger partial charge >= 0.3 is 0 Å². The number of hydrogen-bond donors (Lipinski definition) is 2. The second-order valence-electron chi connectivity index (χ2n) is 4.00. The van der Waals surface area contributed by atoms with Crippen LogP contribution in [0.15, 0.2) is 12.5 Å². The van der Waals surface area contributed by atoms with Gasteiger partial charge in [-0.1, -0.05) is 12.2 Å². The van der Waals surface area contributed by atoms with E-state index in [0.29, 0.717) is 22.5 Å². The van der Waals surface area contributed by atoms with E-state index >= 15 is 0 Å². The van der Waals surface area contributed by atoms with Crippen molar-refractivity contribution >= 4 is 23.0 Å². The Labute approximate surface area is 106 Å². The van der Waals surface area contributed by atoms with Crippen LogP contribution in [-0.4, -0.2) is 34.2 Å². The zero-order chi connectivity index (χ0) is 12.1. The van der Waals surface area contributed by atoms with Crippen LogP contribution >= 0.6 is 12.2 Å². The molecular formula is C11H16N4OS. The van der Waals surface area contributed by atoms with Gasteiger partial charge in [0, 0.05) is 19.3 Å². The summed E-state index contributed by atoms with van der Waals surface area (Å²) in [5, 5.41) is 3.22. The molecule has 5 nitrogen and oxygen atoms in total. The molecular weight excluding hydrogens is 236 g/mol. The van der Waals surface area contributed by atoms with Crippen LogP contribution in [0.3, 0.4) is 0 Å². The summed E-state index contributed by atoms with van der Waals surface area (Å²) in [5.74, 6) is 0.700. The Morgan fingerprint density at radius 3 is 3.24 bits per heavy atom. The van der Waals surface area contributed by atoms with E-state index in [-0.39, 0.29) is 0 Å². The maximum Gasteiger partial charge on any atom is 0.139 e. The summed E-state index contributed by atoms with van der Waals surface area (Å²) in [4.78, 5) is 8.35. The van der Waals surface area contributed by atoms with Gasteiger partial charge in [0.2, 0.25) is 0 Å². The molecule has 1 unspecified atom stereocenters. The van der Waals surface area contributed by atoms with Crippen molar-refractivity contribution in [2.75, 3.05) is 18.5 Å². The molecule has 2 heterocycles. The summed E-state index contributed by atoms with van der Waals surface area (Å²) >= 11 is 4.94. The maximum absolute atomic E-state index is 5.60. The highest BCUT2D eigenvalue weighted by Crippen LogP contribution is 2.16. The first-order valence-corrected chi connectivity index (χ1v) is 6.13. The minimum Gasteiger partial charge on any atom is -0.389 e. The smallest absolute Gasteiger partial charge is 0.139 e. The molecule has 0 spiro atoms. The van der Waals surface area contributed by atoms with Gasteiger partial charge < -0.3 is 15.8 Å². The van der Waals surface area contributed by atoms with Crippen molar-refractivity contribution < 1.29 is 4.74 Å². The number of rotatable bonds is 5. The van der Waals surface area contributed by atoms with Crippen LogP contribution in [0.4, 0.5) is 5.82 Å². The highest BCUT2D eigenvalue weighted by atomic mass is 32.1. The molecule has 0 bridgehead atoms. The van der Waals surface area contributed by atoms with Gasteiger partial charge in [-0.15, -0.1) is 0 Å². The number of nitrogens with one attached hydrogen (secondary N) is 1. The third-order valence-electron chi connectivity index (χ3n) is 2.76. The molecule has 0 radical (unpaired) electrons. The van der Waals surface area contributed by atoms with Crippen molar-refractivity contribution in [1.29, 1.82) is 0 Å². The minimum absolute atomic E-state index is 0.310. The van der Waals surface area contributed by atoms with E-state index in [2.05, 4.69) is 15.3 Å². The molecule has 1 aromatic heterocycles. The van der Waals surface area contributed by atoms with E-state index in [9.17, 15) is 0 Å². The molecule has 1 saturated heterocycles. The Morgan fingerprint density at radius 1 is 1.65 bits per heavy atom. The van der Waals surface area contributed by atoms with Crippen LogP contribution in [0.5, 0.6) is 0 Å².